The number of carbonyl (C=O) groups is 3. The summed E-state index contributed by atoms with van der Waals surface area (Å²) >= 11 is 2.03. The maximum absolute atomic E-state index is 11.1. The van der Waals surface area contributed by atoms with Crippen LogP contribution in [0.15, 0.2) is 146 Å². The molecular weight excluding hydrogens is 1730 g/mol. The van der Waals surface area contributed by atoms with Crippen LogP contribution in [-0.4, -0.2) is 293 Å². The Labute approximate surface area is 827 Å². The molecule has 9 aliphatic rings. The number of H-pyrrole nitrogens is 1. The van der Waals surface area contributed by atoms with Crippen molar-refractivity contribution in [1.29, 1.82) is 0 Å². The molecule has 15 heterocycles. The summed E-state index contributed by atoms with van der Waals surface area (Å²) in [4.78, 5) is 74.0. The summed E-state index contributed by atoms with van der Waals surface area (Å²) in [6.07, 6.45) is 42.6. The number of nitrogens with one attached hydrogen (secondary N) is 3. The molecule has 4 fully saturated rings. The van der Waals surface area contributed by atoms with E-state index in [1.165, 1.54) is 44.1 Å². The van der Waals surface area contributed by atoms with Crippen molar-refractivity contribution in [3.05, 3.63) is 146 Å². The van der Waals surface area contributed by atoms with Crippen LogP contribution in [0.1, 0.15) is 340 Å². The number of aliphatic imine (C=N–C) groups is 1. The highest BCUT2D eigenvalue weighted by Crippen LogP contribution is 2.27. The lowest BCUT2D eigenvalue weighted by atomic mass is 10.1. The summed E-state index contributed by atoms with van der Waals surface area (Å²) in [6, 6.07) is 3.60. The third kappa shape index (κ3) is 51.5. The second-order valence-electron chi connectivity index (χ2n) is 46.3. The smallest absolute Gasteiger partial charge is 0.325 e. The summed E-state index contributed by atoms with van der Waals surface area (Å²) in [5.74, 6) is 3.06. The number of thioether (sulfide) groups is 1. The van der Waals surface area contributed by atoms with Gasteiger partial charge in [0.05, 0.1) is 43.1 Å². The number of hydrazine groups is 1. The van der Waals surface area contributed by atoms with E-state index in [4.69, 9.17) is 0 Å². The molecule has 6 aromatic rings. The van der Waals surface area contributed by atoms with Gasteiger partial charge in [-0.3, -0.25) is 47.9 Å². The predicted octanol–water partition coefficient (Wildman–Crippen LogP) is 18.9. The second kappa shape index (κ2) is 58.1. The summed E-state index contributed by atoms with van der Waals surface area (Å²) in [6.45, 7) is 104. The number of aromatic nitrogens is 17. The van der Waals surface area contributed by atoms with Gasteiger partial charge in [-0.1, -0.05) is 42.2 Å². The van der Waals surface area contributed by atoms with Crippen LogP contribution in [0.25, 0.3) is 0 Å². The van der Waals surface area contributed by atoms with Crippen molar-refractivity contribution in [3.63, 3.8) is 0 Å². The Hall–Kier alpha value is -9.12. The zero-order valence-electron chi connectivity index (χ0n) is 92.7. The van der Waals surface area contributed by atoms with E-state index < -0.39 is 0 Å². The van der Waals surface area contributed by atoms with E-state index in [1.807, 2.05) is 153 Å². The molecule has 0 aliphatic carbocycles. The van der Waals surface area contributed by atoms with Gasteiger partial charge in [-0.2, -0.15) is 25.2 Å². The highest BCUT2D eigenvalue weighted by molar-refractivity contribution is 7.99. The van der Waals surface area contributed by atoms with Crippen LogP contribution in [-0.2, 0) is 20.7 Å². The van der Waals surface area contributed by atoms with Crippen molar-refractivity contribution in [2.24, 2.45) is 4.99 Å². The lowest BCUT2D eigenvalue weighted by Gasteiger charge is -2.34. The van der Waals surface area contributed by atoms with Crippen LogP contribution in [0.2, 0.25) is 0 Å². The average Bonchev–Trinajstić information content (AvgIpc) is 1.71. The third-order valence-electron chi connectivity index (χ3n) is 21.6. The number of hydrogen-bond acceptors (Lipinski definition) is 23. The molecule has 0 bridgehead atoms. The minimum absolute atomic E-state index is 0.0272. The first-order valence-corrected chi connectivity index (χ1v) is 50.1. The number of likely N-dealkylation sites (tertiary alicyclic amines) is 2. The SMILES string of the molecule is C=C1C=CCN1C(C)(C)C.CC(C)(C)N1C=CCC1=O.CC(C)(C)N1C=CCN1.CC(C)(C)N1C=NCC1.CC(C)(C)N1CC=CC1.CC(C)(C)N1CCCC1.CC(C)(C)N1CCCC1=O.CC(C)(C)N1CCNC1=O.CC(C)(C)N1CCSC1.CC(C)(C)n1cc[nH]c1=O.CC(C)(C)n1cccn1.CC(C)n1ccnn1.CC(C)n1cncn1.CC(C)n1cnnn1.CC(C)n1nccn1. The van der Waals surface area contributed by atoms with Crippen molar-refractivity contribution in [3.8, 4) is 0 Å². The van der Waals surface area contributed by atoms with Gasteiger partial charge in [0.2, 0.25) is 11.8 Å². The molecule has 33 nitrogen and oxygen atoms in total. The molecule has 6 aromatic heterocycles. The Morgan fingerprint density at radius 3 is 1.24 bits per heavy atom. The number of aromatic amines is 1. The van der Waals surface area contributed by atoms with Gasteiger partial charge in [-0.05, 0) is 339 Å². The van der Waals surface area contributed by atoms with E-state index in [0.717, 1.165) is 77.4 Å². The molecule has 15 rings (SSSR count). The third-order valence-corrected chi connectivity index (χ3v) is 22.5. The van der Waals surface area contributed by atoms with Crippen LogP contribution >= 0.6 is 11.8 Å². The van der Waals surface area contributed by atoms with Gasteiger partial charge in [0, 0.05) is 206 Å². The summed E-state index contributed by atoms with van der Waals surface area (Å²) in [5, 5.41) is 38.8. The van der Waals surface area contributed by atoms with Crippen LogP contribution in [0.4, 0.5) is 4.79 Å². The first-order valence-electron chi connectivity index (χ1n) is 48.9. The first kappa shape index (κ1) is 125. The molecule has 136 heavy (non-hydrogen) atoms. The number of carbonyl (C=O) groups excluding carboxylic acids is 3. The van der Waals surface area contributed by atoms with E-state index in [2.05, 4.69) is 338 Å². The molecule has 4 amide bonds. The minimum Gasteiger partial charge on any atom is -0.363 e. The Morgan fingerprint density at radius 1 is 0.449 bits per heavy atom. The molecule has 0 unspecified atom stereocenters. The number of nitrogens with zero attached hydrogens (tertiary/aromatic N) is 26. The molecular formula is C102H191N29O4S. The molecule has 4 saturated heterocycles. The molecule has 0 saturated carbocycles. The average molecular weight is 1920 g/mol. The normalized spacial score (nSPS) is 16.8. The van der Waals surface area contributed by atoms with Crippen molar-refractivity contribution in [2.45, 2.75) is 401 Å². The number of hydrogen-bond donors (Lipinski definition) is 3. The Morgan fingerprint density at radius 2 is 1.02 bits per heavy atom. The van der Waals surface area contributed by atoms with E-state index in [0.29, 0.717) is 53.1 Å². The van der Waals surface area contributed by atoms with Gasteiger partial charge in [-0.15, -0.1) is 22.0 Å². The molecule has 9 aliphatic heterocycles. The van der Waals surface area contributed by atoms with Gasteiger partial charge in [-0.25, -0.2) is 24.7 Å². The Kier molecular flexibility index (Phi) is 53.3. The van der Waals surface area contributed by atoms with E-state index >= 15 is 0 Å². The largest absolute Gasteiger partial charge is 0.363 e. The van der Waals surface area contributed by atoms with Crippen molar-refractivity contribution in [1.82, 2.24) is 139 Å². The number of amides is 4. The quantitative estimate of drug-likeness (QED) is 0.138. The van der Waals surface area contributed by atoms with Gasteiger partial charge >= 0.3 is 11.7 Å². The van der Waals surface area contributed by atoms with E-state index in [1.54, 1.807) is 84.5 Å². The molecule has 0 atom stereocenters. The minimum atomic E-state index is -0.114. The van der Waals surface area contributed by atoms with Gasteiger partial charge in [0.1, 0.15) is 19.0 Å². The van der Waals surface area contributed by atoms with Crippen molar-refractivity contribution in [2.75, 3.05) is 90.2 Å². The van der Waals surface area contributed by atoms with E-state index in [9.17, 15) is 19.2 Å². The van der Waals surface area contributed by atoms with Crippen LogP contribution in [0.5, 0.6) is 0 Å². The van der Waals surface area contributed by atoms with Crippen molar-refractivity contribution < 1.29 is 14.4 Å². The fourth-order valence-corrected chi connectivity index (χ4v) is 14.4. The van der Waals surface area contributed by atoms with Gasteiger partial charge in [0.15, 0.2) is 0 Å². The molecule has 3 N–H and O–H groups in total. The summed E-state index contributed by atoms with van der Waals surface area (Å²) in [5.41, 5.74) is 6.13. The fourth-order valence-electron chi connectivity index (χ4n) is 13.2. The van der Waals surface area contributed by atoms with Gasteiger partial charge in [0.25, 0.3) is 0 Å². The summed E-state index contributed by atoms with van der Waals surface area (Å²) < 4.78 is 8.90. The Bertz CT molecular complexity index is 4080. The molecule has 774 valence electrons. The standard InChI is InChI=1S/C9H15N.C8H15NO.C8H13NO.C8H17N.C8H15N.C7H14N2O.C7H12N2O.2C7H14N2.C7H12N2.C7H15NS.3C5H9N3.C4H8N4/c1-8-6-5-7-10(8)9(2,3)4;2*1-8(2,3)9-6-4-5-7(9)10;2*1-8(2,3)9-6-4-5-7-9;2*1-7(2,3)9-5-4-8-6(9)10;1-7(2,3)9-5-4-8-6-9;2*1-7(2,3)9-6-4-5-8-9;1-7(2,3)8-4-5-9-6-8;1-5(2)8-4-6-3-7-8;1-5(2)8-4-3-6-7-8;1-5(2)8-6-3-4-7-8;1-4(2)8-3-5-6-7-8/h5-6H,1,7H2,2-4H3;4-6H2,1-3H3;4,6H,5H2,1-3H3;4-7H2,1-3H3;4-5H,6-7H2,1-3H3;4-5H2,1-3H3,(H,8,10);4-5H,1-3H3,(H,8,10);6H,4-5H2,1-3H3;4,6,8H,5H2,1-3H3;4-6H,1-3H3;4-6H2,1-3H3;3*3-5H,1-2H3;3-4H,1-2H3. The highest BCUT2D eigenvalue weighted by atomic mass is 32.2. The zero-order valence-corrected chi connectivity index (χ0v) is 93.6. The number of rotatable bonds is 4. The molecule has 0 radical (unpaired) electrons. The van der Waals surface area contributed by atoms with E-state index in [-0.39, 0.29) is 61.9 Å². The molecule has 34 heteroatoms. The van der Waals surface area contributed by atoms with Gasteiger partial charge < -0.3 is 39.8 Å². The Balaban J connectivity index is 0.000000729. The number of allylic oxidation sites excluding steroid dienone is 1. The van der Waals surface area contributed by atoms with Crippen molar-refractivity contribution >= 4 is 35.9 Å². The maximum Gasteiger partial charge on any atom is 0.325 e. The number of imidazole rings is 1. The predicted molar refractivity (Wildman–Crippen MR) is 566 cm³/mol. The number of tetrazole rings is 1. The highest BCUT2D eigenvalue weighted by Gasteiger charge is 2.33. The topological polar surface area (TPSA) is 308 Å². The first-order chi connectivity index (χ1) is 62.4. The maximum atomic E-state index is 11.1. The number of urea groups is 1. The molecule has 0 aromatic carbocycles. The summed E-state index contributed by atoms with van der Waals surface area (Å²) in [7, 11) is 0. The zero-order chi connectivity index (χ0) is 104. The fraction of sp³-hybridized carbons (Fsp3) is 0.735. The lowest BCUT2D eigenvalue weighted by Crippen LogP contribution is -2.43. The second-order valence-corrected chi connectivity index (χ2v) is 47.4. The molecule has 0 spiro atoms. The lowest BCUT2D eigenvalue weighted by molar-refractivity contribution is -0.132. The van der Waals surface area contributed by atoms with Crippen LogP contribution in [0.3, 0.4) is 0 Å². The monoisotopic (exact) mass is 1920 g/mol. The van der Waals surface area contributed by atoms with Crippen LogP contribution in [0, 0.1) is 0 Å². The van der Waals surface area contributed by atoms with Crippen LogP contribution < -0.4 is 16.4 Å².